The first-order valence-electron chi connectivity index (χ1n) is 9.06. The van der Waals surface area contributed by atoms with Gasteiger partial charge in [0, 0.05) is 39.3 Å². The van der Waals surface area contributed by atoms with Gasteiger partial charge in [-0.1, -0.05) is 0 Å². The van der Waals surface area contributed by atoms with Crippen LogP contribution in [0.2, 0.25) is 0 Å². The molecule has 0 saturated carbocycles. The van der Waals surface area contributed by atoms with Crippen molar-refractivity contribution in [3.63, 3.8) is 0 Å². The molecule has 10 heteroatoms. The van der Waals surface area contributed by atoms with Gasteiger partial charge in [0.15, 0.2) is 17.1 Å². The van der Waals surface area contributed by atoms with Crippen LogP contribution in [0.3, 0.4) is 0 Å². The van der Waals surface area contributed by atoms with Crippen molar-refractivity contribution in [3.8, 4) is 11.5 Å². The summed E-state index contributed by atoms with van der Waals surface area (Å²) in [7, 11) is 0. The average Bonchev–Trinajstić information content (AvgIpc) is 3.37. The normalized spacial score (nSPS) is 15.0. The molecule has 0 aliphatic carbocycles. The minimum atomic E-state index is -0.711. The summed E-state index contributed by atoms with van der Waals surface area (Å²) in [4.78, 5) is 35.2. The Morgan fingerprint density at radius 1 is 1.32 bits per heavy atom. The number of primary amides is 1. The van der Waals surface area contributed by atoms with Crippen molar-refractivity contribution in [2.75, 3.05) is 39.3 Å². The summed E-state index contributed by atoms with van der Waals surface area (Å²) in [5, 5.41) is 6.22. The molecule has 1 aliphatic rings. The summed E-state index contributed by atoms with van der Waals surface area (Å²) in [5.74, 6) is -0.519. The molecule has 0 bridgehead atoms. The SMILES string of the molecule is NC(=O)c1ncn2c(C(=O)NCCN3CCNCC3)cc(-c3ccco3)nc12. The predicted molar refractivity (Wildman–Crippen MR) is 101 cm³/mol. The molecule has 0 spiro atoms. The Hall–Kier alpha value is -3.24. The third kappa shape index (κ3) is 3.59. The lowest BCUT2D eigenvalue weighted by Crippen LogP contribution is -2.46. The molecule has 1 fully saturated rings. The second-order valence-electron chi connectivity index (χ2n) is 6.50. The van der Waals surface area contributed by atoms with Crippen molar-refractivity contribution in [2.45, 2.75) is 0 Å². The Labute approximate surface area is 160 Å². The molecule has 146 valence electrons. The number of aromatic nitrogens is 3. The molecule has 4 N–H and O–H groups in total. The Bertz CT molecular complexity index is 990. The number of nitrogens with zero attached hydrogens (tertiary/aromatic N) is 4. The highest BCUT2D eigenvalue weighted by molar-refractivity contribution is 5.99. The number of hydrogen-bond donors (Lipinski definition) is 3. The molecular weight excluding hydrogens is 362 g/mol. The smallest absolute Gasteiger partial charge is 0.271 e. The fourth-order valence-corrected chi connectivity index (χ4v) is 3.22. The van der Waals surface area contributed by atoms with Gasteiger partial charge in [0.2, 0.25) is 0 Å². The maximum absolute atomic E-state index is 12.8. The first-order valence-corrected chi connectivity index (χ1v) is 9.06. The zero-order chi connectivity index (χ0) is 19.5. The molecule has 2 amide bonds. The number of piperazine rings is 1. The molecule has 0 radical (unpaired) electrons. The van der Waals surface area contributed by atoms with Gasteiger partial charge < -0.3 is 20.8 Å². The molecular formula is C18H21N7O3. The Balaban J connectivity index is 1.61. The van der Waals surface area contributed by atoms with E-state index in [1.54, 1.807) is 18.2 Å². The van der Waals surface area contributed by atoms with Crippen LogP contribution in [0.25, 0.3) is 17.1 Å². The summed E-state index contributed by atoms with van der Waals surface area (Å²) in [6.07, 6.45) is 2.89. The third-order valence-corrected chi connectivity index (χ3v) is 4.66. The van der Waals surface area contributed by atoms with Crippen LogP contribution >= 0.6 is 0 Å². The lowest BCUT2D eigenvalue weighted by Gasteiger charge is -2.27. The Morgan fingerprint density at radius 2 is 2.14 bits per heavy atom. The van der Waals surface area contributed by atoms with E-state index in [9.17, 15) is 9.59 Å². The zero-order valence-electron chi connectivity index (χ0n) is 15.2. The summed E-state index contributed by atoms with van der Waals surface area (Å²) < 4.78 is 6.85. The van der Waals surface area contributed by atoms with Crippen molar-refractivity contribution in [3.05, 3.63) is 42.2 Å². The number of carbonyl (C=O) groups is 2. The molecule has 10 nitrogen and oxygen atoms in total. The van der Waals surface area contributed by atoms with Gasteiger partial charge >= 0.3 is 0 Å². The maximum Gasteiger partial charge on any atom is 0.271 e. The highest BCUT2D eigenvalue weighted by Crippen LogP contribution is 2.21. The molecule has 28 heavy (non-hydrogen) atoms. The largest absolute Gasteiger partial charge is 0.463 e. The van der Waals surface area contributed by atoms with Gasteiger partial charge in [-0.15, -0.1) is 0 Å². The maximum atomic E-state index is 12.8. The molecule has 3 aromatic rings. The van der Waals surface area contributed by atoms with Gasteiger partial charge in [0.05, 0.1) is 6.26 Å². The van der Waals surface area contributed by atoms with Crippen LogP contribution in [0.15, 0.2) is 35.2 Å². The van der Waals surface area contributed by atoms with Gasteiger partial charge in [-0.3, -0.25) is 18.9 Å². The second-order valence-corrected chi connectivity index (χ2v) is 6.50. The van der Waals surface area contributed by atoms with E-state index in [4.69, 9.17) is 10.2 Å². The topological polar surface area (TPSA) is 131 Å². The van der Waals surface area contributed by atoms with Crippen molar-refractivity contribution in [1.82, 2.24) is 29.9 Å². The fourth-order valence-electron chi connectivity index (χ4n) is 3.22. The zero-order valence-corrected chi connectivity index (χ0v) is 15.2. The lowest BCUT2D eigenvalue weighted by molar-refractivity contribution is 0.0939. The van der Waals surface area contributed by atoms with Crippen LogP contribution in [0, 0.1) is 0 Å². The fraction of sp³-hybridized carbons (Fsp3) is 0.333. The van der Waals surface area contributed by atoms with E-state index in [2.05, 4.69) is 25.5 Å². The predicted octanol–water partition coefficient (Wildman–Crippen LogP) is -0.277. The van der Waals surface area contributed by atoms with E-state index in [0.29, 0.717) is 23.7 Å². The van der Waals surface area contributed by atoms with Crippen LogP contribution in [0.5, 0.6) is 0 Å². The molecule has 3 aromatic heterocycles. The molecule has 4 rings (SSSR count). The molecule has 0 aromatic carbocycles. The van der Waals surface area contributed by atoms with Crippen molar-refractivity contribution < 1.29 is 14.0 Å². The monoisotopic (exact) mass is 383 g/mol. The van der Waals surface area contributed by atoms with E-state index >= 15 is 0 Å². The number of rotatable bonds is 6. The molecule has 4 heterocycles. The highest BCUT2D eigenvalue weighted by atomic mass is 16.3. The number of furan rings is 1. The van der Waals surface area contributed by atoms with E-state index in [1.807, 2.05) is 0 Å². The average molecular weight is 383 g/mol. The Morgan fingerprint density at radius 3 is 2.86 bits per heavy atom. The van der Waals surface area contributed by atoms with Gasteiger partial charge in [-0.2, -0.15) is 0 Å². The van der Waals surface area contributed by atoms with Gasteiger partial charge in [-0.25, -0.2) is 9.97 Å². The number of imidazole rings is 1. The summed E-state index contributed by atoms with van der Waals surface area (Å²) in [5.41, 5.74) is 6.34. The molecule has 0 atom stereocenters. The molecule has 1 aliphatic heterocycles. The summed E-state index contributed by atoms with van der Waals surface area (Å²) in [6.45, 7) is 5.11. The summed E-state index contributed by atoms with van der Waals surface area (Å²) >= 11 is 0. The van der Waals surface area contributed by atoms with E-state index in [1.165, 1.54) is 17.0 Å². The highest BCUT2D eigenvalue weighted by Gasteiger charge is 2.20. The number of nitrogens with two attached hydrogens (primary N) is 1. The number of carbonyl (C=O) groups excluding carboxylic acids is 2. The van der Waals surface area contributed by atoms with E-state index in [0.717, 1.165) is 32.7 Å². The lowest BCUT2D eigenvalue weighted by atomic mass is 10.2. The quantitative estimate of drug-likeness (QED) is 0.534. The van der Waals surface area contributed by atoms with E-state index < -0.39 is 5.91 Å². The van der Waals surface area contributed by atoms with E-state index in [-0.39, 0.29) is 17.2 Å². The number of hydrogen-bond acceptors (Lipinski definition) is 7. The molecule has 0 unspecified atom stereocenters. The van der Waals surface area contributed by atoms with Crippen LogP contribution in [-0.2, 0) is 0 Å². The minimum absolute atomic E-state index is 0.00303. The Kier molecular flexibility index (Phi) is 5.04. The van der Waals surface area contributed by atoms with Crippen LogP contribution in [0.1, 0.15) is 21.0 Å². The van der Waals surface area contributed by atoms with Gasteiger partial charge in [0.1, 0.15) is 17.7 Å². The van der Waals surface area contributed by atoms with Gasteiger partial charge in [-0.05, 0) is 18.2 Å². The molecule has 1 saturated heterocycles. The van der Waals surface area contributed by atoms with Crippen molar-refractivity contribution in [1.29, 1.82) is 0 Å². The van der Waals surface area contributed by atoms with Crippen molar-refractivity contribution >= 4 is 17.5 Å². The standard InChI is InChI=1S/C18H21N7O3/c19-16(26)15-17-23-12(14-2-1-9-28-14)10-13(25(17)11-22-15)18(27)21-5-8-24-6-3-20-4-7-24/h1-2,9-11,20H,3-8H2,(H2,19,26)(H,21,27). The second kappa shape index (κ2) is 7.79. The first-order chi connectivity index (χ1) is 13.6. The van der Waals surface area contributed by atoms with Gasteiger partial charge in [0.25, 0.3) is 11.8 Å². The number of nitrogens with one attached hydrogen (secondary N) is 2. The minimum Gasteiger partial charge on any atom is -0.463 e. The van der Waals surface area contributed by atoms with Crippen LogP contribution < -0.4 is 16.4 Å². The number of fused-ring (bicyclic) bond motifs is 1. The first kappa shape index (κ1) is 18.1. The van der Waals surface area contributed by atoms with Crippen molar-refractivity contribution in [2.24, 2.45) is 5.73 Å². The number of amides is 2. The summed E-state index contributed by atoms with van der Waals surface area (Å²) in [6, 6.07) is 5.06. The van der Waals surface area contributed by atoms with Crippen LogP contribution in [0.4, 0.5) is 0 Å². The van der Waals surface area contributed by atoms with Crippen LogP contribution in [-0.4, -0.2) is 70.4 Å². The third-order valence-electron chi connectivity index (χ3n) is 4.66.